The van der Waals surface area contributed by atoms with Crippen molar-refractivity contribution in [2.75, 3.05) is 7.11 Å². The van der Waals surface area contributed by atoms with Crippen LogP contribution in [0.2, 0.25) is 0 Å². The van der Waals surface area contributed by atoms with Gasteiger partial charge in [-0.1, -0.05) is 30.3 Å². The van der Waals surface area contributed by atoms with Crippen molar-refractivity contribution in [1.29, 1.82) is 0 Å². The number of alkyl carbamates (subject to hydrolysis) is 1. The third-order valence-corrected chi connectivity index (χ3v) is 13.9. The Morgan fingerprint density at radius 2 is 0.808 bits per heavy atom. The van der Waals surface area contributed by atoms with Crippen LogP contribution in [0.3, 0.4) is 0 Å². The topological polar surface area (TPSA) is 152 Å². The van der Waals surface area contributed by atoms with Crippen LogP contribution in [0.15, 0.2) is 30.3 Å². The molecule has 0 unspecified atom stereocenters. The van der Waals surface area contributed by atoms with Crippen LogP contribution >= 0.6 is 0 Å². The molecule has 0 aliphatic heterocycles. The number of carbonyl (C=O) groups is 5. The lowest BCUT2D eigenvalue weighted by Crippen LogP contribution is -2.74. The molecular weight excluding hydrogens is 660 g/mol. The van der Waals surface area contributed by atoms with Gasteiger partial charge in [0.25, 0.3) is 0 Å². The van der Waals surface area contributed by atoms with E-state index in [1.54, 1.807) is 0 Å². The minimum absolute atomic E-state index is 0.0254. The van der Waals surface area contributed by atoms with Crippen LogP contribution in [-0.4, -0.2) is 59.0 Å². The highest BCUT2D eigenvalue weighted by atomic mass is 16.5. The van der Waals surface area contributed by atoms with Crippen molar-refractivity contribution in [3.8, 4) is 0 Å². The Balaban J connectivity index is 1.00. The first-order valence-electron chi connectivity index (χ1n) is 20.2. The van der Waals surface area contributed by atoms with Gasteiger partial charge in [-0.3, -0.25) is 14.4 Å². The van der Waals surface area contributed by atoms with E-state index in [0.717, 1.165) is 108 Å². The van der Waals surface area contributed by atoms with Crippen LogP contribution in [0.25, 0.3) is 0 Å². The molecule has 4 amide bonds. The van der Waals surface area contributed by atoms with Crippen molar-refractivity contribution in [2.24, 2.45) is 47.3 Å². The maximum Gasteiger partial charge on any atom is 0.408 e. The molecule has 0 aromatic heterocycles. The summed E-state index contributed by atoms with van der Waals surface area (Å²) in [7, 11) is 1.40. The zero-order valence-electron chi connectivity index (χ0n) is 30.4. The van der Waals surface area contributed by atoms with Gasteiger partial charge in [0.1, 0.15) is 28.8 Å². The van der Waals surface area contributed by atoms with E-state index in [1.165, 1.54) is 7.11 Å². The average Bonchev–Trinajstić information content (AvgIpc) is 3.99. The normalized spacial score (nSPS) is 23.6. The minimum Gasteiger partial charge on any atom is -0.467 e. The zero-order chi connectivity index (χ0) is 35.9. The standard InChI is InChI=1S/C41H54N4O7/c1-51-36(49)41(31-19-20-31,32-21-22-32)44-34(47)39(27-11-12-27,28-13-14-28)42-33(46)38(25-7-8-25,26-9-10-26)43-35(48)40(29-15-16-29,30-17-18-30)45-37(50)52-23-24-5-3-2-4-6-24/h2-6,25-32H,7-23H2,1H3,(H,42,46)(H,43,48)(H,44,47)(H,45,50). The predicted molar refractivity (Wildman–Crippen MR) is 189 cm³/mol. The molecule has 0 spiro atoms. The molecule has 0 saturated heterocycles. The summed E-state index contributed by atoms with van der Waals surface area (Å²) in [6.07, 6.45) is 12.7. The number of carbonyl (C=O) groups excluding carboxylic acids is 5. The molecule has 8 saturated carbocycles. The summed E-state index contributed by atoms with van der Waals surface area (Å²) in [5.41, 5.74) is -3.68. The van der Waals surface area contributed by atoms with Crippen LogP contribution in [0.4, 0.5) is 4.79 Å². The summed E-state index contributed by atoms with van der Waals surface area (Å²) in [6.45, 7) is 0.0986. The molecule has 4 N–H and O–H groups in total. The van der Waals surface area contributed by atoms with Crippen LogP contribution in [0.5, 0.6) is 0 Å². The summed E-state index contributed by atoms with van der Waals surface area (Å²) in [5, 5.41) is 13.2. The maximum atomic E-state index is 15.3. The van der Waals surface area contributed by atoms with Crippen molar-refractivity contribution in [3.05, 3.63) is 35.9 Å². The van der Waals surface area contributed by atoms with Gasteiger partial charge in [0, 0.05) is 0 Å². The number of ether oxygens (including phenoxy) is 2. The van der Waals surface area contributed by atoms with Crippen molar-refractivity contribution in [1.82, 2.24) is 21.3 Å². The van der Waals surface area contributed by atoms with E-state index < -0.39 is 28.2 Å². The summed E-state index contributed by atoms with van der Waals surface area (Å²) < 4.78 is 11.0. The Hall–Kier alpha value is -3.63. The second-order valence-electron chi connectivity index (χ2n) is 17.7. The minimum atomic E-state index is -1.18. The number of esters is 1. The second-order valence-corrected chi connectivity index (χ2v) is 17.7. The van der Waals surface area contributed by atoms with E-state index in [9.17, 15) is 19.2 Å². The van der Waals surface area contributed by atoms with Crippen molar-refractivity contribution in [2.45, 2.75) is 131 Å². The molecule has 11 heteroatoms. The molecule has 0 radical (unpaired) electrons. The molecule has 280 valence electrons. The fourth-order valence-corrected chi connectivity index (χ4v) is 10.1. The summed E-state index contributed by atoms with van der Waals surface area (Å²) in [6, 6.07) is 9.48. The number of amides is 4. The van der Waals surface area contributed by atoms with Gasteiger partial charge in [0.05, 0.1) is 7.11 Å². The smallest absolute Gasteiger partial charge is 0.408 e. The second kappa shape index (κ2) is 12.5. The number of hydrogen-bond acceptors (Lipinski definition) is 7. The molecule has 8 fully saturated rings. The van der Waals surface area contributed by atoms with E-state index in [0.29, 0.717) is 0 Å². The van der Waals surface area contributed by atoms with Crippen molar-refractivity contribution < 1.29 is 33.4 Å². The lowest BCUT2D eigenvalue weighted by atomic mass is 9.78. The Morgan fingerprint density at radius 3 is 1.13 bits per heavy atom. The number of benzene rings is 1. The SMILES string of the molecule is COC(=O)C(NC(=O)C(NC(=O)C(NC(=O)C(NC(=O)OCc1ccccc1)(C1CC1)C1CC1)(C1CC1)C1CC1)(C1CC1)C1CC1)(C1CC1)C1CC1. The van der Waals surface area contributed by atoms with Gasteiger partial charge in [-0.25, -0.2) is 9.59 Å². The van der Waals surface area contributed by atoms with Gasteiger partial charge in [0.2, 0.25) is 17.7 Å². The van der Waals surface area contributed by atoms with Gasteiger partial charge in [-0.15, -0.1) is 0 Å². The average molecular weight is 715 g/mol. The van der Waals surface area contributed by atoms with Gasteiger partial charge >= 0.3 is 12.1 Å². The van der Waals surface area contributed by atoms with Gasteiger partial charge in [-0.2, -0.15) is 0 Å². The number of methoxy groups -OCH3 is 1. The van der Waals surface area contributed by atoms with Crippen molar-refractivity contribution in [3.63, 3.8) is 0 Å². The quantitative estimate of drug-likeness (QED) is 0.161. The largest absolute Gasteiger partial charge is 0.467 e. The Kier molecular flexibility index (Phi) is 8.19. The molecule has 0 bridgehead atoms. The van der Waals surface area contributed by atoms with E-state index >= 15 is 4.79 Å². The number of hydrogen-bond donors (Lipinski definition) is 4. The van der Waals surface area contributed by atoms with Crippen LogP contribution < -0.4 is 21.3 Å². The Morgan fingerprint density at radius 1 is 0.500 bits per heavy atom. The van der Waals surface area contributed by atoms with Crippen LogP contribution in [0.1, 0.15) is 108 Å². The van der Waals surface area contributed by atoms with Crippen LogP contribution in [0, 0.1) is 47.3 Å². The van der Waals surface area contributed by atoms with E-state index in [-0.39, 0.29) is 77.6 Å². The van der Waals surface area contributed by atoms with Gasteiger partial charge in [0.15, 0.2) is 0 Å². The van der Waals surface area contributed by atoms with E-state index in [1.807, 2.05) is 30.3 Å². The monoisotopic (exact) mass is 714 g/mol. The van der Waals surface area contributed by atoms with Gasteiger partial charge in [-0.05, 0) is 156 Å². The van der Waals surface area contributed by atoms with E-state index in [2.05, 4.69) is 21.3 Å². The Labute approximate surface area is 305 Å². The first-order valence-corrected chi connectivity index (χ1v) is 20.2. The Bertz CT molecular complexity index is 1570. The zero-order valence-corrected chi connectivity index (χ0v) is 30.4. The molecule has 1 aromatic carbocycles. The predicted octanol–water partition coefficient (Wildman–Crippen LogP) is 4.67. The summed E-state index contributed by atoms with van der Waals surface area (Å²) in [5.74, 6) is -1.29. The molecular formula is C41H54N4O7. The third-order valence-electron chi connectivity index (χ3n) is 13.9. The fourth-order valence-electron chi connectivity index (χ4n) is 10.1. The molecule has 0 heterocycles. The lowest BCUT2D eigenvalue weighted by Gasteiger charge is -2.44. The molecule has 8 aliphatic carbocycles. The van der Waals surface area contributed by atoms with Gasteiger partial charge < -0.3 is 30.7 Å². The van der Waals surface area contributed by atoms with Crippen molar-refractivity contribution >= 4 is 29.8 Å². The molecule has 8 aliphatic rings. The first-order chi connectivity index (χ1) is 25.2. The number of rotatable bonds is 18. The molecule has 9 rings (SSSR count). The molecule has 11 nitrogen and oxygen atoms in total. The summed E-state index contributed by atoms with van der Waals surface area (Å²) >= 11 is 0. The first kappa shape index (κ1) is 34.2. The maximum absolute atomic E-state index is 15.3. The highest BCUT2D eigenvalue weighted by molar-refractivity contribution is 6.02. The molecule has 52 heavy (non-hydrogen) atoms. The van der Waals surface area contributed by atoms with Crippen LogP contribution in [-0.2, 0) is 35.3 Å². The molecule has 0 atom stereocenters. The number of nitrogens with one attached hydrogen (secondary N) is 4. The molecule has 1 aromatic rings. The summed E-state index contributed by atoms with van der Waals surface area (Å²) in [4.78, 5) is 72.1. The third kappa shape index (κ3) is 5.88. The highest BCUT2D eigenvalue weighted by Crippen LogP contribution is 2.59. The lowest BCUT2D eigenvalue weighted by molar-refractivity contribution is -0.155. The fraction of sp³-hybridized carbons (Fsp3) is 0.732. The highest BCUT2D eigenvalue weighted by Gasteiger charge is 2.70. The van der Waals surface area contributed by atoms with E-state index in [4.69, 9.17) is 9.47 Å².